The van der Waals surface area contributed by atoms with E-state index in [1.807, 2.05) is 124 Å². The van der Waals surface area contributed by atoms with E-state index in [0.29, 0.717) is 37.4 Å². The molecule has 11 heteroatoms. The van der Waals surface area contributed by atoms with Crippen molar-refractivity contribution in [2.75, 3.05) is 19.6 Å². The van der Waals surface area contributed by atoms with Gasteiger partial charge in [0.25, 0.3) is 5.91 Å². The SMILES string of the molecule is Cc1cc(C(=O)N2CCN(C(=O)OC(C)(C)C)C[C@H]2Cc2ccc(OCc3noc(=O)[nH]3)cc2)c(-c2ccccc2)n1-c1ccccc1. The van der Waals surface area contributed by atoms with Crippen LogP contribution in [0, 0.1) is 6.92 Å². The molecule has 1 N–H and O–H groups in total. The van der Waals surface area contributed by atoms with Gasteiger partial charge in [-0.05, 0) is 75.6 Å². The summed E-state index contributed by atoms with van der Waals surface area (Å²) in [5, 5.41) is 3.62. The van der Waals surface area contributed by atoms with Gasteiger partial charge in [-0.15, -0.1) is 0 Å². The molecule has 11 nitrogen and oxygen atoms in total. The number of nitrogens with one attached hydrogen (secondary N) is 1. The quantitative estimate of drug-likeness (QED) is 0.218. The van der Waals surface area contributed by atoms with E-state index in [-0.39, 0.29) is 24.4 Å². The molecule has 0 aliphatic carbocycles. The minimum absolute atomic E-state index is 0.0482. The zero-order valence-corrected chi connectivity index (χ0v) is 27.5. The lowest BCUT2D eigenvalue weighted by molar-refractivity contribution is 0.00440. The Bertz CT molecular complexity index is 1920. The number of aromatic nitrogens is 3. The van der Waals surface area contributed by atoms with Crippen molar-refractivity contribution >= 4 is 12.0 Å². The van der Waals surface area contributed by atoms with Crippen molar-refractivity contribution in [1.29, 1.82) is 0 Å². The molecule has 3 heterocycles. The number of H-pyrrole nitrogens is 1. The van der Waals surface area contributed by atoms with Crippen LogP contribution in [0.3, 0.4) is 0 Å². The minimum atomic E-state index is -0.642. The Morgan fingerprint density at radius 1 is 0.958 bits per heavy atom. The third-order valence-corrected chi connectivity index (χ3v) is 8.13. The van der Waals surface area contributed by atoms with Crippen molar-refractivity contribution < 1.29 is 23.6 Å². The van der Waals surface area contributed by atoms with Crippen molar-refractivity contribution in [2.24, 2.45) is 0 Å². The predicted octanol–water partition coefficient (Wildman–Crippen LogP) is 6.01. The Labute approximate surface area is 278 Å². The number of carbonyl (C=O) groups is 2. The fourth-order valence-electron chi connectivity index (χ4n) is 6.00. The van der Waals surface area contributed by atoms with Gasteiger partial charge in [-0.3, -0.25) is 14.3 Å². The normalized spacial score (nSPS) is 15.0. The second kappa shape index (κ2) is 13.6. The molecule has 1 aliphatic heterocycles. The summed E-state index contributed by atoms with van der Waals surface area (Å²) in [5.74, 6) is 0.134. The molecule has 3 aromatic carbocycles. The van der Waals surface area contributed by atoms with Gasteiger partial charge in [0.2, 0.25) is 0 Å². The minimum Gasteiger partial charge on any atom is -0.486 e. The van der Waals surface area contributed by atoms with E-state index in [0.717, 1.165) is 28.2 Å². The summed E-state index contributed by atoms with van der Waals surface area (Å²) in [6.45, 7) is 8.61. The van der Waals surface area contributed by atoms with E-state index < -0.39 is 17.5 Å². The highest BCUT2D eigenvalue weighted by molar-refractivity contribution is 6.01. The fraction of sp³-hybridized carbons (Fsp3) is 0.297. The zero-order chi connectivity index (χ0) is 33.8. The summed E-state index contributed by atoms with van der Waals surface area (Å²) in [4.78, 5) is 45.1. The van der Waals surface area contributed by atoms with Crippen LogP contribution in [0.15, 0.2) is 100 Å². The van der Waals surface area contributed by atoms with Crippen molar-refractivity contribution in [3.8, 4) is 22.7 Å². The molecular weight excluding hydrogens is 610 g/mol. The Morgan fingerprint density at radius 2 is 1.65 bits per heavy atom. The summed E-state index contributed by atoms with van der Waals surface area (Å²) in [6.07, 6.45) is 0.103. The molecule has 5 aromatic rings. The van der Waals surface area contributed by atoms with Gasteiger partial charge in [0.1, 0.15) is 18.0 Å². The van der Waals surface area contributed by atoms with Crippen LogP contribution in [-0.2, 0) is 17.8 Å². The Hall–Kier alpha value is -5.58. The maximum atomic E-state index is 14.7. The molecule has 0 radical (unpaired) electrons. The highest BCUT2D eigenvalue weighted by atomic mass is 16.6. The van der Waals surface area contributed by atoms with E-state index in [2.05, 4.69) is 19.2 Å². The first-order valence-electron chi connectivity index (χ1n) is 15.9. The molecule has 1 saturated heterocycles. The molecule has 248 valence electrons. The predicted molar refractivity (Wildman–Crippen MR) is 180 cm³/mol. The fourth-order valence-corrected chi connectivity index (χ4v) is 6.00. The molecule has 6 rings (SSSR count). The van der Waals surface area contributed by atoms with Crippen molar-refractivity contribution in [3.63, 3.8) is 0 Å². The summed E-state index contributed by atoms with van der Waals surface area (Å²) in [5.41, 5.74) is 4.60. The van der Waals surface area contributed by atoms with Gasteiger partial charge in [-0.25, -0.2) is 9.59 Å². The molecule has 1 aliphatic rings. The van der Waals surface area contributed by atoms with Crippen LogP contribution >= 0.6 is 0 Å². The lowest BCUT2D eigenvalue weighted by Crippen LogP contribution is -2.57. The number of piperazine rings is 1. The van der Waals surface area contributed by atoms with Gasteiger partial charge in [0.15, 0.2) is 5.82 Å². The van der Waals surface area contributed by atoms with Crippen LogP contribution in [0.4, 0.5) is 4.79 Å². The number of para-hydroxylation sites is 1. The number of ether oxygens (including phenoxy) is 2. The third-order valence-electron chi connectivity index (χ3n) is 8.13. The number of hydrogen-bond donors (Lipinski definition) is 1. The van der Waals surface area contributed by atoms with E-state index >= 15 is 0 Å². The zero-order valence-electron chi connectivity index (χ0n) is 27.5. The number of rotatable bonds is 8. The first-order valence-corrected chi connectivity index (χ1v) is 15.9. The number of amides is 2. The monoisotopic (exact) mass is 649 g/mol. The number of aryl methyl sites for hydroxylation is 1. The molecule has 48 heavy (non-hydrogen) atoms. The highest BCUT2D eigenvalue weighted by Crippen LogP contribution is 2.33. The molecule has 1 atom stereocenters. The molecule has 2 aromatic heterocycles. The number of carbonyl (C=O) groups excluding carboxylic acids is 2. The number of nitrogens with zero attached hydrogens (tertiary/aromatic N) is 4. The van der Waals surface area contributed by atoms with E-state index in [1.54, 1.807) is 4.90 Å². The van der Waals surface area contributed by atoms with Gasteiger partial charge in [-0.2, -0.15) is 0 Å². The van der Waals surface area contributed by atoms with Crippen LogP contribution < -0.4 is 10.5 Å². The topological polar surface area (TPSA) is 123 Å². The smallest absolute Gasteiger partial charge is 0.439 e. The van der Waals surface area contributed by atoms with Crippen molar-refractivity contribution in [3.05, 3.63) is 124 Å². The lowest BCUT2D eigenvalue weighted by atomic mass is 10.00. The maximum absolute atomic E-state index is 14.7. The van der Waals surface area contributed by atoms with Crippen LogP contribution in [0.2, 0.25) is 0 Å². The van der Waals surface area contributed by atoms with Crippen LogP contribution in [-0.4, -0.2) is 67.8 Å². The first-order chi connectivity index (χ1) is 23.1. The summed E-state index contributed by atoms with van der Waals surface area (Å²) in [6, 6.07) is 29.1. The molecule has 2 amide bonds. The van der Waals surface area contributed by atoms with Gasteiger partial charge in [0, 0.05) is 31.0 Å². The van der Waals surface area contributed by atoms with E-state index in [4.69, 9.17) is 9.47 Å². The molecule has 0 saturated carbocycles. The highest BCUT2D eigenvalue weighted by Gasteiger charge is 2.36. The van der Waals surface area contributed by atoms with Crippen molar-refractivity contribution in [2.45, 2.75) is 52.4 Å². The first kappa shape index (κ1) is 32.4. The van der Waals surface area contributed by atoms with Crippen LogP contribution in [0.1, 0.15) is 48.2 Å². The van der Waals surface area contributed by atoms with Gasteiger partial charge in [-0.1, -0.05) is 65.8 Å². The Kier molecular flexibility index (Phi) is 9.20. The average Bonchev–Trinajstić information content (AvgIpc) is 3.66. The third kappa shape index (κ3) is 7.35. The van der Waals surface area contributed by atoms with Gasteiger partial charge < -0.3 is 23.8 Å². The number of aromatic amines is 1. The van der Waals surface area contributed by atoms with E-state index in [9.17, 15) is 14.4 Å². The van der Waals surface area contributed by atoms with Crippen LogP contribution in [0.5, 0.6) is 5.75 Å². The van der Waals surface area contributed by atoms with E-state index in [1.165, 1.54) is 0 Å². The maximum Gasteiger partial charge on any atom is 0.439 e. The lowest BCUT2D eigenvalue weighted by Gasteiger charge is -2.42. The molecule has 1 fully saturated rings. The molecule has 0 spiro atoms. The molecule has 0 unspecified atom stereocenters. The molecule has 0 bridgehead atoms. The standard InChI is InChI=1S/C37H39N5O6/c1-25-21-31(33(27-11-7-5-8-12-27)42(25)28-13-9-6-10-14-28)34(43)41-20-19-40(36(45)47-37(2,3)4)23-29(41)22-26-15-17-30(18-16-26)46-24-32-38-35(44)48-39-32/h5-18,21,29H,19-20,22-24H2,1-4H3,(H,38,39,44)/t29-/m1/s1. The Balaban J connectivity index is 1.30. The number of hydrogen-bond acceptors (Lipinski definition) is 7. The second-order valence-corrected chi connectivity index (χ2v) is 12.8. The average molecular weight is 650 g/mol. The summed E-state index contributed by atoms with van der Waals surface area (Å²) in [7, 11) is 0. The van der Waals surface area contributed by atoms with Crippen LogP contribution in [0.25, 0.3) is 16.9 Å². The summed E-state index contributed by atoms with van der Waals surface area (Å²) < 4.78 is 18.1. The van der Waals surface area contributed by atoms with Gasteiger partial charge in [0.05, 0.1) is 17.3 Å². The largest absolute Gasteiger partial charge is 0.486 e. The number of benzene rings is 3. The summed E-state index contributed by atoms with van der Waals surface area (Å²) >= 11 is 0. The molecular formula is C37H39N5O6. The van der Waals surface area contributed by atoms with Gasteiger partial charge >= 0.3 is 11.8 Å². The van der Waals surface area contributed by atoms with Crippen molar-refractivity contribution in [1.82, 2.24) is 24.5 Å². The Morgan fingerprint density at radius 3 is 2.29 bits per heavy atom. The second-order valence-electron chi connectivity index (χ2n) is 12.8.